The van der Waals surface area contributed by atoms with Gasteiger partial charge in [-0.15, -0.1) is 11.3 Å². The summed E-state index contributed by atoms with van der Waals surface area (Å²) >= 11 is 1.69. The van der Waals surface area contributed by atoms with Crippen molar-refractivity contribution < 1.29 is 9.53 Å². The summed E-state index contributed by atoms with van der Waals surface area (Å²) in [6.07, 6.45) is 0. The van der Waals surface area contributed by atoms with Gasteiger partial charge in [-0.1, -0.05) is 48.5 Å². The van der Waals surface area contributed by atoms with Gasteiger partial charge >= 0.3 is 0 Å². The standard InChI is InChI=1S/C25H22N2O2S/c1-3-29-22-11-7-10-20(16-22)24(28)26-21-14-12-18(13-15-21)23-17(2)30-25(27-23)19-8-5-4-6-9-19/h4-16H,3H2,1-2H3,(H,26,28). The average molecular weight is 415 g/mol. The van der Waals surface area contributed by atoms with E-state index in [0.717, 1.165) is 27.5 Å². The van der Waals surface area contributed by atoms with Gasteiger partial charge in [0.25, 0.3) is 5.91 Å². The Balaban J connectivity index is 1.50. The number of nitrogens with zero attached hydrogens (tertiary/aromatic N) is 1. The first-order valence-electron chi connectivity index (χ1n) is 9.81. The Morgan fingerprint density at radius 2 is 1.73 bits per heavy atom. The van der Waals surface area contributed by atoms with E-state index in [0.29, 0.717) is 17.9 Å². The Bertz CT molecular complexity index is 1150. The second kappa shape index (κ2) is 8.93. The first kappa shape index (κ1) is 19.9. The maximum Gasteiger partial charge on any atom is 0.255 e. The number of aromatic nitrogens is 1. The highest BCUT2D eigenvalue weighted by molar-refractivity contribution is 7.15. The molecule has 30 heavy (non-hydrogen) atoms. The fourth-order valence-electron chi connectivity index (χ4n) is 3.18. The molecule has 0 spiro atoms. The fraction of sp³-hybridized carbons (Fsp3) is 0.120. The van der Waals surface area contributed by atoms with Crippen LogP contribution in [0.1, 0.15) is 22.2 Å². The molecule has 0 aliphatic carbocycles. The van der Waals surface area contributed by atoms with Crippen LogP contribution in [0.5, 0.6) is 5.75 Å². The number of aryl methyl sites for hydroxylation is 1. The van der Waals surface area contributed by atoms with E-state index in [1.54, 1.807) is 23.5 Å². The molecule has 0 atom stereocenters. The number of nitrogens with one attached hydrogen (secondary N) is 1. The average Bonchev–Trinajstić information content (AvgIpc) is 3.17. The largest absolute Gasteiger partial charge is 0.494 e. The van der Waals surface area contributed by atoms with Crippen molar-refractivity contribution in [2.24, 2.45) is 0 Å². The third-order valence-corrected chi connectivity index (χ3v) is 5.66. The number of rotatable bonds is 6. The molecule has 5 heteroatoms. The Kier molecular flexibility index (Phi) is 5.91. The summed E-state index contributed by atoms with van der Waals surface area (Å²) in [6, 6.07) is 25.2. The van der Waals surface area contributed by atoms with E-state index in [1.165, 1.54) is 4.88 Å². The van der Waals surface area contributed by atoms with Gasteiger partial charge in [0.1, 0.15) is 10.8 Å². The van der Waals surface area contributed by atoms with Crippen LogP contribution in [-0.4, -0.2) is 17.5 Å². The number of thiazole rings is 1. The maximum absolute atomic E-state index is 12.6. The van der Waals surface area contributed by atoms with Crippen molar-refractivity contribution in [3.05, 3.63) is 89.3 Å². The van der Waals surface area contributed by atoms with Gasteiger partial charge in [-0.2, -0.15) is 0 Å². The summed E-state index contributed by atoms with van der Waals surface area (Å²) < 4.78 is 5.47. The van der Waals surface area contributed by atoms with Gasteiger partial charge in [0.2, 0.25) is 0 Å². The van der Waals surface area contributed by atoms with Gasteiger partial charge in [0.15, 0.2) is 0 Å². The molecule has 4 nitrogen and oxygen atoms in total. The minimum atomic E-state index is -0.166. The van der Waals surface area contributed by atoms with E-state index in [1.807, 2.05) is 61.5 Å². The molecule has 0 unspecified atom stereocenters. The lowest BCUT2D eigenvalue weighted by Gasteiger charge is -2.08. The maximum atomic E-state index is 12.6. The van der Waals surface area contributed by atoms with Crippen molar-refractivity contribution in [1.29, 1.82) is 0 Å². The van der Waals surface area contributed by atoms with E-state index < -0.39 is 0 Å². The van der Waals surface area contributed by atoms with Gasteiger partial charge in [0, 0.05) is 27.3 Å². The smallest absolute Gasteiger partial charge is 0.255 e. The van der Waals surface area contributed by atoms with Crippen LogP contribution in [0.15, 0.2) is 78.9 Å². The molecule has 4 aromatic rings. The SMILES string of the molecule is CCOc1cccc(C(=O)Nc2ccc(-c3nc(-c4ccccc4)sc3C)cc2)c1. The van der Waals surface area contributed by atoms with Gasteiger partial charge in [0.05, 0.1) is 12.3 Å². The zero-order valence-corrected chi connectivity index (χ0v) is 17.7. The molecule has 0 aliphatic rings. The number of hydrogen-bond acceptors (Lipinski definition) is 4. The zero-order chi connectivity index (χ0) is 20.9. The first-order chi connectivity index (χ1) is 14.6. The van der Waals surface area contributed by atoms with Crippen LogP contribution in [0, 0.1) is 6.92 Å². The van der Waals surface area contributed by atoms with Crippen LogP contribution in [0.25, 0.3) is 21.8 Å². The topological polar surface area (TPSA) is 51.2 Å². The second-order valence-electron chi connectivity index (χ2n) is 6.78. The number of anilines is 1. The minimum Gasteiger partial charge on any atom is -0.494 e. The molecule has 1 N–H and O–H groups in total. The molecule has 1 amide bonds. The molecule has 0 saturated heterocycles. The van der Waals surface area contributed by atoms with Crippen molar-refractivity contribution in [1.82, 2.24) is 4.98 Å². The monoisotopic (exact) mass is 414 g/mol. The van der Waals surface area contributed by atoms with E-state index >= 15 is 0 Å². The number of carbonyl (C=O) groups is 1. The summed E-state index contributed by atoms with van der Waals surface area (Å²) in [5.74, 6) is 0.522. The van der Waals surface area contributed by atoms with Gasteiger partial charge in [-0.25, -0.2) is 4.98 Å². The Morgan fingerprint density at radius 1 is 0.967 bits per heavy atom. The summed E-state index contributed by atoms with van der Waals surface area (Å²) in [7, 11) is 0. The molecule has 0 aliphatic heterocycles. The molecule has 4 rings (SSSR count). The van der Waals surface area contributed by atoms with E-state index in [-0.39, 0.29) is 5.91 Å². The fourth-order valence-corrected chi connectivity index (χ4v) is 4.12. The predicted octanol–water partition coefficient (Wildman–Crippen LogP) is 6.44. The molecular formula is C25H22N2O2S. The second-order valence-corrected chi connectivity index (χ2v) is 7.99. The molecule has 0 fully saturated rings. The number of amides is 1. The summed E-state index contributed by atoms with van der Waals surface area (Å²) in [5.41, 5.74) is 4.42. The zero-order valence-electron chi connectivity index (χ0n) is 16.9. The molecule has 150 valence electrons. The normalized spacial score (nSPS) is 10.6. The Labute approximate surface area is 180 Å². The third kappa shape index (κ3) is 4.42. The van der Waals surface area contributed by atoms with Crippen molar-refractivity contribution in [3.8, 4) is 27.6 Å². The molecule has 0 bridgehead atoms. The van der Waals surface area contributed by atoms with E-state index in [9.17, 15) is 4.79 Å². The van der Waals surface area contributed by atoms with Crippen LogP contribution in [0.2, 0.25) is 0 Å². The minimum absolute atomic E-state index is 0.166. The molecule has 0 radical (unpaired) electrons. The summed E-state index contributed by atoms with van der Waals surface area (Å²) in [4.78, 5) is 18.6. The van der Waals surface area contributed by atoms with Crippen molar-refractivity contribution in [2.45, 2.75) is 13.8 Å². The third-order valence-electron chi connectivity index (χ3n) is 4.64. The van der Waals surface area contributed by atoms with Gasteiger partial charge in [-0.05, 0) is 44.2 Å². The number of benzene rings is 3. The number of ether oxygens (including phenoxy) is 1. The molecular weight excluding hydrogens is 392 g/mol. The lowest BCUT2D eigenvalue weighted by atomic mass is 10.1. The van der Waals surface area contributed by atoms with Crippen LogP contribution in [0.3, 0.4) is 0 Å². The Hall–Kier alpha value is -3.44. The first-order valence-corrected chi connectivity index (χ1v) is 10.6. The van der Waals surface area contributed by atoms with Gasteiger partial charge in [-0.3, -0.25) is 4.79 Å². The number of hydrogen-bond donors (Lipinski definition) is 1. The van der Waals surface area contributed by atoms with Crippen molar-refractivity contribution >= 4 is 22.9 Å². The highest BCUT2D eigenvalue weighted by Crippen LogP contribution is 2.33. The van der Waals surface area contributed by atoms with Crippen LogP contribution in [0.4, 0.5) is 5.69 Å². The summed E-state index contributed by atoms with van der Waals surface area (Å²) in [5, 5.41) is 3.95. The highest BCUT2D eigenvalue weighted by atomic mass is 32.1. The van der Waals surface area contributed by atoms with Crippen LogP contribution < -0.4 is 10.1 Å². The van der Waals surface area contributed by atoms with E-state index in [2.05, 4.69) is 24.4 Å². The summed E-state index contributed by atoms with van der Waals surface area (Å²) in [6.45, 7) is 4.57. The quantitative estimate of drug-likeness (QED) is 0.395. The molecule has 1 aromatic heterocycles. The lowest BCUT2D eigenvalue weighted by molar-refractivity contribution is 0.102. The predicted molar refractivity (Wildman–Crippen MR) is 123 cm³/mol. The van der Waals surface area contributed by atoms with Crippen molar-refractivity contribution in [3.63, 3.8) is 0 Å². The lowest BCUT2D eigenvalue weighted by Crippen LogP contribution is -2.11. The molecule has 3 aromatic carbocycles. The van der Waals surface area contributed by atoms with Crippen LogP contribution in [-0.2, 0) is 0 Å². The van der Waals surface area contributed by atoms with Crippen molar-refractivity contribution in [2.75, 3.05) is 11.9 Å². The number of carbonyl (C=O) groups excluding carboxylic acids is 1. The van der Waals surface area contributed by atoms with Crippen LogP contribution >= 0.6 is 11.3 Å². The van der Waals surface area contributed by atoms with E-state index in [4.69, 9.17) is 9.72 Å². The highest BCUT2D eigenvalue weighted by Gasteiger charge is 2.12. The molecule has 1 heterocycles. The van der Waals surface area contributed by atoms with Gasteiger partial charge < -0.3 is 10.1 Å². The molecule has 0 saturated carbocycles. The Morgan fingerprint density at radius 3 is 2.47 bits per heavy atom.